The van der Waals surface area contributed by atoms with Crippen molar-refractivity contribution in [1.29, 1.82) is 0 Å². The summed E-state index contributed by atoms with van der Waals surface area (Å²) < 4.78 is 0. The van der Waals surface area contributed by atoms with Crippen molar-refractivity contribution in [3.05, 3.63) is 5.15 Å². The molecule has 1 aromatic rings. The predicted octanol–water partition coefficient (Wildman–Crippen LogP) is 2.52. The lowest BCUT2D eigenvalue weighted by atomic mass is 10.00. The molecule has 1 amide bonds. The van der Waals surface area contributed by atoms with Gasteiger partial charge in [-0.2, -0.15) is 9.97 Å². The molecule has 7 heteroatoms. The molecule has 1 aromatic heterocycles. The number of anilines is 3. The van der Waals surface area contributed by atoms with Crippen molar-refractivity contribution < 1.29 is 4.79 Å². The van der Waals surface area contributed by atoms with Crippen LogP contribution in [0.2, 0.25) is 5.15 Å². The molecule has 19 heavy (non-hydrogen) atoms. The summed E-state index contributed by atoms with van der Waals surface area (Å²) in [5.41, 5.74) is 5.90. The number of halogens is 1. The lowest BCUT2D eigenvalue weighted by Crippen LogP contribution is -2.13. The first-order valence-electron chi connectivity index (χ1n) is 6.39. The summed E-state index contributed by atoms with van der Waals surface area (Å²) in [5, 5.41) is 5.75. The maximum absolute atomic E-state index is 10.6. The van der Waals surface area contributed by atoms with Crippen LogP contribution < -0.4 is 16.4 Å². The summed E-state index contributed by atoms with van der Waals surface area (Å²) >= 11 is 5.92. The molecule has 0 aromatic carbocycles. The Kier molecular flexibility index (Phi) is 6.35. The van der Waals surface area contributed by atoms with E-state index in [0.717, 1.165) is 25.8 Å². The Morgan fingerprint density at radius 1 is 1.37 bits per heavy atom. The smallest absolute Gasteiger partial charge is 0.223 e. The Labute approximate surface area is 118 Å². The number of carbonyl (C=O) groups excluding carboxylic acids is 1. The Hall–Kier alpha value is -1.56. The van der Waals surface area contributed by atoms with Gasteiger partial charge < -0.3 is 16.4 Å². The number of nitrogens with zero attached hydrogens (tertiary/aromatic N) is 2. The Morgan fingerprint density at radius 3 is 2.63 bits per heavy atom. The number of carbonyl (C=O) groups is 1. The molecule has 0 fully saturated rings. The largest absolute Gasteiger partial charge is 0.368 e. The van der Waals surface area contributed by atoms with E-state index in [1.54, 1.807) is 0 Å². The van der Waals surface area contributed by atoms with E-state index in [-0.39, 0.29) is 11.1 Å². The average molecular weight is 286 g/mol. The number of amides is 1. The molecule has 0 saturated heterocycles. The van der Waals surface area contributed by atoms with Gasteiger partial charge in [0, 0.05) is 6.54 Å². The molecule has 0 aliphatic rings. The molecule has 106 valence electrons. The van der Waals surface area contributed by atoms with Crippen LogP contribution in [0.3, 0.4) is 0 Å². The molecule has 0 saturated carbocycles. The number of rotatable bonds is 8. The highest BCUT2D eigenvalue weighted by Crippen LogP contribution is 2.27. The molecule has 0 bridgehead atoms. The Bertz CT molecular complexity index is 423. The third-order valence-electron chi connectivity index (χ3n) is 3.09. The summed E-state index contributed by atoms with van der Waals surface area (Å²) in [6, 6.07) is 0. The van der Waals surface area contributed by atoms with Crippen LogP contribution in [0.5, 0.6) is 0 Å². The Morgan fingerprint density at radius 2 is 2.05 bits per heavy atom. The molecule has 0 aliphatic carbocycles. The van der Waals surface area contributed by atoms with E-state index in [0.29, 0.717) is 23.8 Å². The molecular formula is C12H20ClN5O. The minimum atomic E-state index is 0.0754. The molecule has 0 aliphatic heterocycles. The van der Waals surface area contributed by atoms with Crippen LogP contribution in [0.4, 0.5) is 17.5 Å². The molecule has 0 radical (unpaired) electrons. The van der Waals surface area contributed by atoms with Crippen LogP contribution >= 0.6 is 11.6 Å². The average Bonchev–Trinajstić information content (AvgIpc) is 2.38. The van der Waals surface area contributed by atoms with Crippen molar-refractivity contribution in [2.24, 2.45) is 5.92 Å². The van der Waals surface area contributed by atoms with E-state index in [1.807, 2.05) is 0 Å². The number of hydrogen-bond donors (Lipinski definition) is 3. The first kappa shape index (κ1) is 15.5. The predicted molar refractivity (Wildman–Crippen MR) is 78.3 cm³/mol. The zero-order valence-corrected chi connectivity index (χ0v) is 12.0. The Balaban J connectivity index is 2.73. The van der Waals surface area contributed by atoms with Gasteiger partial charge in [-0.15, -0.1) is 0 Å². The molecule has 6 nitrogen and oxygen atoms in total. The number of nitrogen functional groups attached to an aromatic ring is 1. The second-order valence-corrected chi connectivity index (χ2v) is 4.61. The maximum atomic E-state index is 10.6. The van der Waals surface area contributed by atoms with Crippen molar-refractivity contribution >= 4 is 35.5 Å². The topological polar surface area (TPSA) is 92.9 Å². The first-order chi connectivity index (χ1) is 9.12. The maximum Gasteiger partial charge on any atom is 0.223 e. The number of nitrogens with one attached hydrogen (secondary N) is 2. The lowest BCUT2D eigenvalue weighted by Gasteiger charge is -2.15. The molecule has 0 atom stereocenters. The number of aromatic nitrogens is 2. The highest BCUT2D eigenvalue weighted by Gasteiger charge is 2.12. The summed E-state index contributed by atoms with van der Waals surface area (Å²) in [7, 11) is 0. The van der Waals surface area contributed by atoms with Gasteiger partial charge in [0.15, 0.2) is 11.0 Å². The third-order valence-corrected chi connectivity index (χ3v) is 3.36. The fourth-order valence-electron chi connectivity index (χ4n) is 1.86. The molecular weight excluding hydrogens is 266 g/mol. The fourth-order valence-corrected chi connectivity index (χ4v) is 2.09. The molecule has 4 N–H and O–H groups in total. The molecule has 0 spiro atoms. The lowest BCUT2D eigenvalue weighted by molar-refractivity contribution is -0.105. The van der Waals surface area contributed by atoms with Crippen LogP contribution in [0.15, 0.2) is 0 Å². The minimum absolute atomic E-state index is 0.0754. The van der Waals surface area contributed by atoms with Gasteiger partial charge in [0.1, 0.15) is 5.69 Å². The zero-order valence-electron chi connectivity index (χ0n) is 11.2. The van der Waals surface area contributed by atoms with E-state index in [2.05, 4.69) is 34.4 Å². The molecule has 1 rings (SSSR count). The van der Waals surface area contributed by atoms with Gasteiger partial charge >= 0.3 is 0 Å². The van der Waals surface area contributed by atoms with E-state index >= 15 is 0 Å². The second kappa shape index (κ2) is 7.78. The summed E-state index contributed by atoms with van der Waals surface area (Å²) in [4.78, 5) is 18.4. The van der Waals surface area contributed by atoms with Gasteiger partial charge in [-0.1, -0.05) is 38.3 Å². The van der Waals surface area contributed by atoms with Gasteiger partial charge in [-0.05, 0) is 12.3 Å². The number of nitrogens with two attached hydrogens (primary N) is 1. The van der Waals surface area contributed by atoms with Crippen molar-refractivity contribution in [2.45, 2.75) is 33.1 Å². The first-order valence-corrected chi connectivity index (χ1v) is 6.77. The van der Waals surface area contributed by atoms with E-state index in [4.69, 9.17) is 17.3 Å². The monoisotopic (exact) mass is 285 g/mol. The molecule has 1 heterocycles. The number of hydrogen-bond acceptors (Lipinski definition) is 5. The minimum Gasteiger partial charge on any atom is -0.368 e. The van der Waals surface area contributed by atoms with Crippen LogP contribution in [0.25, 0.3) is 0 Å². The summed E-state index contributed by atoms with van der Waals surface area (Å²) in [6.07, 6.45) is 3.84. The van der Waals surface area contributed by atoms with Crippen molar-refractivity contribution in [3.8, 4) is 0 Å². The van der Waals surface area contributed by atoms with Gasteiger partial charge in [0.25, 0.3) is 0 Å². The van der Waals surface area contributed by atoms with Gasteiger partial charge in [0.05, 0.1) is 0 Å². The van der Waals surface area contributed by atoms with E-state index in [1.165, 1.54) is 0 Å². The zero-order chi connectivity index (χ0) is 14.3. The third kappa shape index (κ3) is 4.55. The van der Waals surface area contributed by atoms with Crippen LogP contribution in [-0.2, 0) is 4.79 Å². The van der Waals surface area contributed by atoms with Crippen molar-refractivity contribution in [1.82, 2.24) is 9.97 Å². The normalized spacial score (nSPS) is 10.5. The van der Waals surface area contributed by atoms with Crippen molar-refractivity contribution in [3.63, 3.8) is 0 Å². The quantitative estimate of drug-likeness (QED) is 0.504. The van der Waals surface area contributed by atoms with Crippen molar-refractivity contribution in [2.75, 3.05) is 22.9 Å². The van der Waals surface area contributed by atoms with Gasteiger partial charge in [0.2, 0.25) is 12.4 Å². The van der Waals surface area contributed by atoms with Gasteiger partial charge in [-0.25, -0.2) is 0 Å². The second-order valence-electron chi connectivity index (χ2n) is 4.26. The highest BCUT2D eigenvalue weighted by atomic mass is 35.5. The van der Waals surface area contributed by atoms with E-state index in [9.17, 15) is 4.79 Å². The van der Waals surface area contributed by atoms with Gasteiger partial charge in [-0.3, -0.25) is 4.79 Å². The van der Waals surface area contributed by atoms with E-state index < -0.39 is 0 Å². The standard InChI is InChI=1S/C12H20ClN5O/c1-3-8(4-2)5-6-15-11-9(16-7-19)10(13)17-12(14)18-11/h7-8H,3-6H2,1-2H3,(H,16,19)(H3,14,15,17,18). The highest BCUT2D eigenvalue weighted by molar-refractivity contribution is 6.33. The summed E-state index contributed by atoms with van der Waals surface area (Å²) in [5.74, 6) is 1.20. The fraction of sp³-hybridized carbons (Fsp3) is 0.583. The van der Waals surface area contributed by atoms with Crippen LogP contribution in [0.1, 0.15) is 33.1 Å². The van der Waals surface area contributed by atoms with Crippen LogP contribution in [0, 0.1) is 5.92 Å². The summed E-state index contributed by atoms with van der Waals surface area (Å²) in [6.45, 7) is 5.09. The van der Waals surface area contributed by atoms with Crippen LogP contribution in [-0.4, -0.2) is 22.9 Å². The SMILES string of the molecule is CCC(CC)CCNc1nc(N)nc(Cl)c1NC=O. The molecule has 0 unspecified atom stereocenters.